The summed E-state index contributed by atoms with van der Waals surface area (Å²) in [5.74, 6) is -2.25. The Morgan fingerprint density at radius 3 is 2.46 bits per heavy atom. The van der Waals surface area contributed by atoms with Gasteiger partial charge < -0.3 is 14.9 Å². The molecule has 0 saturated carbocycles. The number of benzene rings is 2. The molecule has 0 radical (unpaired) electrons. The first-order valence-electron chi connectivity index (χ1n) is 9.44. The quantitative estimate of drug-likeness (QED) is 0.885. The molecule has 1 fully saturated rings. The van der Waals surface area contributed by atoms with E-state index in [9.17, 15) is 19.5 Å². The number of carbonyl (C=O) groups excluding carboxylic acids is 2. The maximum atomic E-state index is 13.1. The number of carboxylic acid groups (broad SMARTS) is 1. The molecular weight excluding hydrogens is 356 g/mol. The normalized spacial score (nSPS) is 21.5. The van der Waals surface area contributed by atoms with Crippen LogP contribution in [0.5, 0.6) is 0 Å². The third-order valence-electron chi connectivity index (χ3n) is 5.58. The lowest BCUT2D eigenvalue weighted by Gasteiger charge is -2.34. The topological polar surface area (TPSA) is 77.9 Å². The number of hydrogen-bond donors (Lipinski definition) is 1. The molecule has 2 unspecified atom stereocenters. The number of amides is 2. The zero-order valence-electron chi connectivity index (χ0n) is 15.5. The van der Waals surface area contributed by atoms with Gasteiger partial charge in [0.25, 0.3) is 0 Å². The number of aliphatic carboxylic acids is 1. The van der Waals surface area contributed by atoms with Gasteiger partial charge in [-0.15, -0.1) is 0 Å². The van der Waals surface area contributed by atoms with Crippen molar-refractivity contribution < 1.29 is 19.5 Å². The largest absolute Gasteiger partial charge is 0.481 e. The van der Waals surface area contributed by atoms with Crippen molar-refractivity contribution in [1.82, 2.24) is 9.80 Å². The predicted molar refractivity (Wildman–Crippen MR) is 102 cm³/mol. The van der Waals surface area contributed by atoms with Crippen molar-refractivity contribution in [3.8, 4) is 0 Å². The Hall–Kier alpha value is -3.15. The van der Waals surface area contributed by atoms with Crippen molar-refractivity contribution in [2.24, 2.45) is 5.92 Å². The van der Waals surface area contributed by atoms with E-state index < -0.39 is 17.8 Å². The van der Waals surface area contributed by atoms with E-state index in [1.807, 2.05) is 54.6 Å². The van der Waals surface area contributed by atoms with E-state index in [2.05, 4.69) is 0 Å². The fourth-order valence-electron chi connectivity index (χ4n) is 4.14. The van der Waals surface area contributed by atoms with Crippen LogP contribution >= 0.6 is 0 Å². The monoisotopic (exact) mass is 378 g/mol. The van der Waals surface area contributed by atoms with Gasteiger partial charge in [0.05, 0.1) is 11.8 Å². The van der Waals surface area contributed by atoms with E-state index in [0.717, 1.165) is 16.7 Å². The van der Waals surface area contributed by atoms with Crippen LogP contribution < -0.4 is 0 Å². The number of carboxylic acids is 1. The van der Waals surface area contributed by atoms with Crippen LogP contribution in [0, 0.1) is 5.92 Å². The van der Waals surface area contributed by atoms with Gasteiger partial charge in [-0.25, -0.2) is 0 Å². The third kappa shape index (κ3) is 3.50. The van der Waals surface area contributed by atoms with E-state index in [4.69, 9.17) is 0 Å². The lowest BCUT2D eigenvalue weighted by Crippen LogP contribution is -2.43. The molecule has 2 aliphatic heterocycles. The maximum absolute atomic E-state index is 13.1. The second-order valence-electron chi connectivity index (χ2n) is 7.47. The van der Waals surface area contributed by atoms with Crippen molar-refractivity contribution >= 4 is 17.8 Å². The van der Waals surface area contributed by atoms with Crippen LogP contribution in [0.2, 0.25) is 0 Å². The standard InChI is InChI=1S/C22H22N2O4/c25-20-10-17(13-23(20)11-15-6-2-1-3-7-15)21(26)24-12-16-8-4-5-9-18(16)19(14-24)22(27)28/h1-9,17,19H,10-14H2,(H,27,28). The summed E-state index contributed by atoms with van der Waals surface area (Å²) in [5, 5.41) is 9.60. The van der Waals surface area contributed by atoms with Gasteiger partial charge in [-0.2, -0.15) is 0 Å². The molecule has 1 N–H and O–H groups in total. The van der Waals surface area contributed by atoms with Crippen molar-refractivity contribution in [2.75, 3.05) is 13.1 Å². The minimum Gasteiger partial charge on any atom is -0.481 e. The van der Waals surface area contributed by atoms with E-state index >= 15 is 0 Å². The average molecular weight is 378 g/mol. The summed E-state index contributed by atoms with van der Waals surface area (Å²) in [6.45, 7) is 1.41. The first-order chi connectivity index (χ1) is 13.5. The smallest absolute Gasteiger partial charge is 0.312 e. The van der Waals surface area contributed by atoms with Gasteiger partial charge in [-0.3, -0.25) is 14.4 Å². The molecule has 2 aliphatic rings. The average Bonchev–Trinajstić information content (AvgIpc) is 3.07. The van der Waals surface area contributed by atoms with Crippen LogP contribution in [-0.2, 0) is 27.5 Å². The highest BCUT2D eigenvalue weighted by molar-refractivity contribution is 5.90. The number of carbonyl (C=O) groups is 3. The highest BCUT2D eigenvalue weighted by atomic mass is 16.4. The minimum absolute atomic E-state index is 0.0330. The summed E-state index contributed by atoms with van der Waals surface area (Å²) in [6.07, 6.45) is 0.182. The number of likely N-dealkylation sites (tertiary alicyclic amines) is 1. The van der Waals surface area contributed by atoms with E-state index in [1.165, 1.54) is 0 Å². The lowest BCUT2D eigenvalue weighted by atomic mass is 9.89. The van der Waals surface area contributed by atoms with Crippen molar-refractivity contribution in [1.29, 1.82) is 0 Å². The van der Waals surface area contributed by atoms with Crippen LogP contribution in [0.15, 0.2) is 54.6 Å². The van der Waals surface area contributed by atoms with Crippen LogP contribution in [0.25, 0.3) is 0 Å². The number of rotatable bonds is 4. The summed E-state index contributed by atoms with van der Waals surface area (Å²) in [5.41, 5.74) is 2.66. The fourth-order valence-corrected chi connectivity index (χ4v) is 4.14. The molecule has 2 heterocycles. The number of fused-ring (bicyclic) bond motifs is 1. The number of nitrogens with zero attached hydrogens (tertiary/aromatic N) is 2. The van der Waals surface area contributed by atoms with E-state index in [1.54, 1.807) is 9.80 Å². The van der Waals surface area contributed by atoms with Gasteiger partial charge in [0.15, 0.2) is 0 Å². The molecule has 4 rings (SSSR count). The van der Waals surface area contributed by atoms with Gasteiger partial charge in [0.1, 0.15) is 0 Å². The molecule has 6 nitrogen and oxygen atoms in total. The molecule has 28 heavy (non-hydrogen) atoms. The van der Waals surface area contributed by atoms with Gasteiger partial charge in [-0.1, -0.05) is 54.6 Å². The summed E-state index contributed by atoms with van der Waals surface area (Å²) in [4.78, 5) is 40.5. The molecule has 2 aromatic carbocycles. The van der Waals surface area contributed by atoms with Crippen LogP contribution in [0.1, 0.15) is 29.0 Å². The highest BCUT2D eigenvalue weighted by Gasteiger charge is 2.39. The van der Waals surface area contributed by atoms with E-state index in [0.29, 0.717) is 19.6 Å². The molecule has 0 aromatic heterocycles. The Morgan fingerprint density at radius 2 is 1.71 bits per heavy atom. The zero-order valence-corrected chi connectivity index (χ0v) is 15.5. The van der Waals surface area contributed by atoms with Gasteiger partial charge in [0, 0.05) is 32.6 Å². The molecule has 0 bridgehead atoms. The molecule has 2 atom stereocenters. The second kappa shape index (κ2) is 7.46. The SMILES string of the molecule is O=C(O)C1CN(C(=O)C2CC(=O)N(Cc3ccccc3)C2)Cc2ccccc21. The van der Waals surface area contributed by atoms with Gasteiger partial charge in [-0.05, 0) is 16.7 Å². The van der Waals surface area contributed by atoms with Gasteiger partial charge >= 0.3 is 5.97 Å². The Bertz CT molecular complexity index is 912. The molecule has 1 saturated heterocycles. The Labute approximate surface area is 163 Å². The summed E-state index contributed by atoms with van der Waals surface area (Å²) >= 11 is 0. The fraction of sp³-hybridized carbons (Fsp3) is 0.318. The molecule has 0 aliphatic carbocycles. The summed E-state index contributed by atoms with van der Waals surface area (Å²) in [6, 6.07) is 17.1. The van der Waals surface area contributed by atoms with Crippen LogP contribution in [0.4, 0.5) is 0 Å². The van der Waals surface area contributed by atoms with Crippen LogP contribution in [0.3, 0.4) is 0 Å². The molecular formula is C22H22N2O4. The van der Waals surface area contributed by atoms with Gasteiger partial charge in [0.2, 0.25) is 11.8 Å². The number of hydrogen-bond acceptors (Lipinski definition) is 3. The first kappa shape index (κ1) is 18.2. The molecule has 2 amide bonds. The molecule has 144 valence electrons. The summed E-state index contributed by atoms with van der Waals surface area (Å²) < 4.78 is 0. The molecule has 0 spiro atoms. The van der Waals surface area contributed by atoms with Crippen molar-refractivity contribution in [2.45, 2.75) is 25.4 Å². The lowest BCUT2D eigenvalue weighted by molar-refractivity contribution is -0.142. The zero-order chi connectivity index (χ0) is 19.7. The first-order valence-corrected chi connectivity index (χ1v) is 9.44. The maximum Gasteiger partial charge on any atom is 0.312 e. The van der Waals surface area contributed by atoms with Crippen molar-refractivity contribution in [3.05, 3.63) is 71.3 Å². The highest BCUT2D eigenvalue weighted by Crippen LogP contribution is 2.31. The Balaban J connectivity index is 1.48. The minimum atomic E-state index is -0.932. The van der Waals surface area contributed by atoms with Crippen molar-refractivity contribution in [3.63, 3.8) is 0 Å². The third-order valence-corrected chi connectivity index (χ3v) is 5.58. The second-order valence-corrected chi connectivity index (χ2v) is 7.47. The molecule has 2 aromatic rings. The van der Waals surface area contributed by atoms with E-state index in [-0.39, 0.29) is 24.8 Å². The Kier molecular flexibility index (Phi) is 4.86. The molecule has 6 heteroatoms. The van der Waals surface area contributed by atoms with Crippen LogP contribution in [-0.4, -0.2) is 45.8 Å². The summed E-state index contributed by atoms with van der Waals surface area (Å²) in [7, 11) is 0. The predicted octanol–water partition coefficient (Wildman–Crippen LogP) is 2.25. The Morgan fingerprint density at radius 1 is 1.00 bits per heavy atom.